The van der Waals surface area contributed by atoms with Gasteiger partial charge in [-0.05, 0) is 63.1 Å². The highest BCUT2D eigenvalue weighted by molar-refractivity contribution is 7.92. The van der Waals surface area contributed by atoms with Gasteiger partial charge in [-0.1, -0.05) is 42.5 Å². The first-order chi connectivity index (χ1) is 18.4. The van der Waals surface area contributed by atoms with Crippen molar-refractivity contribution in [2.24, 2.45) is 0 Å². The van der Waals surface area contributed by atoms with Crippen LogP contribution in [0.25, 0.3) is 0 Å². The van der Waals surface area contributed by atoms with E-state index in [0.717, 1.165) is 15.4 Å². The molecule has 3 rings (SSSR count). The molecule has 0 aliphatic carbocycles. The zero-order valence-corrected chi connectivity index (χ0v) is 23.1. The van der Waals surface area contributed by atoms with Crippen molar-refractivity contribution < 1.29 is 22.9 Å². The van der Waals surface area contributed by atoms with Crippen molar-refractivity contribution in [2.75, 3.05) is 10.8 Å². The van der Waals surface area contributed by atoms with Crippen LogP contribution in [0.5, 0.6) is 0 Å². The Morgan fingerprint density at radius 3 is 2.08 bits per heavy atom. The minimum atomic E-state index is -4.25. The lowest BCUT2D eigenvalue weighted by molar-refractivity contribution is -0.384. The lowest BCUT2D eigenvalue weighted by atomic mass is 10.1. The van der Waals surface area contributed by atoms with Crippen LogP contribution in [-0.4, -0.2) is 48.7 Å². The normalized spacial score (nSPS) is 12.0. The van der Waals surface area contributed by atoms with Crippen molar-refractivity contribution >= 4 is 33.2 Å². The summed E-state index contributed by atoms with van der Waals surface area (Å²) >= 11 is 0. The number of benzene rings is 3. The first kappa shape index (κ1) is 29.3. The maximum atomic E-state index is 13.9. The molecule has 3 aromatic carbocycles. The molecule has 10 nitrogen and oxygen atoms in total. The van der Waals surface area contributed by atoms with Crippen molar-refractivity contribution in [2.45, 2.75) is 51.2 Å². The van der Waals surface area contributed by atoms with Crippen molar-refractivity contribution in [3.63, 3.8) is 0 Å². The van der Waals surface area contributed by atoms with Crippen LogP contribution in [0, 0.1) is 17.0 Å². The van der Waals surface area contributed by atoms with E-state index in [2.05, 4.69) is 5.32 Å². The first-order valence-electron chi connectivity index (χ1n) is 12.4. The van der Waals surface area contributed by atoms with Crippen LogP contribution >= 0.6 is 0 Å². The minimum Gasteiger partial charge on any atom is -0.352 e. The fourth-order valence-electron chi connectivity index (χ4n) is 3.95. The summed E-state index contributed by atoms with van der Waals surface area (Å²) in [6.45, 7) is 6.55. The number of nitro groups is 1. The Bertz CT molecular complexity index is 1430. The van der Waals surface area contributed by atoms with Gasteiger partial charge in [0.15, 0.2) is 0 Å². The Morgan fingerprint density at radius 2 is 1.51 bits per heavy atom. The van der Waals surface area contributed by atoms with Gasteiger partial charge in [0, 0.05) is 24.7 Å². The predicted octanol–water partition coefficient (Wildman–Crippen LogP) is 4.04. The largest absolute Gasteiger partial charge is 0.352 e. The molecule has 11 heteroatoms. The maximum absolute atomic E-state index is 13.9. The summed E-state index contributed by atoms with van der Waals surface area (Å²) in [6, 6.07) is 18.9. The van der Waals surface area contributed by atoms with Gasteiger partial charge < -0.3 is 10.2 Å². The fourth-order valence-corrected chi connectivity index (χ4v) is 5.38. The van der Waals surface area contributed by atoms with E-state index in [1.807, 2.05) is 31.2 Å². The number of carbonyl (C=O) groups excluding carboxylic acids is 2. The first-order valence-corrected chi connectivity index (χ1v) is 13.8. The molecule has 39 heavy (non-hydrogen) atoms. The highest BCUT2D eigenvalue weighted by Gasteiger charge is 2.33. The van der Waals surface area contributed by atoms with Crippen LogP contribution in [0.4, 0.5) is 11.4 Å². The quantitative estimate of drug-likeness (QED) is 0.282. The molecule has 0 aliphatic heterocycles. The molecular weight excluding hydrogens is 520 g/mol. The summed E-state index contributed by atoms with van der Waals surface area (Å²) in [5.74, 6) is -0.984. The van der Waals surface area contributed by atoms with E-state index in [4.69, 9.17) is 0 Å². The van der Waals surface area contributed by atoms with Crippen LogP contribution in [-0.2, 0) is 26.2 Å². The number of non-ortho nitro benzene ring substituents is 1. The molecule has 0 bridgehead atoms. The van der Waals surface area contributed by atoms with E-state index in [9.17, 15) is 28.1 Å². The van der Waals surface area contributed by atoms with E-state index in [1.165, 1.54) is 41.3 Å². The third-order valence-electron chi connectivity index (χ3n) is 6.16. The van der Waals surface area contributed by atoms with E-state index < -0.39 is 33.4 Å². The zero-order valence-electron chi connectivity index (χ0n) is 22.3. The number of amides is 2. The van der Waals surface area contributed by atoms with Crippen LogP contribution in [0.2, 0.25) is 0 Å². The number of hydrogen-bond acceptors (Lipinski definition) is 6. The van der Waals surface area contributed by atoms with Gasteiger partial charge in [-0.25, -0.2) is 8.42 Å². The molecule has 0 aliphatic rings. The Kier molecular flexibility index (Phi) is 9.42. The molecule has 0 heterocycles. The Balaban J connectivity index is 2.05. The summed E-state index contributed by atoms with van der Waals surface area (Å²) in [6.07, 6.45) is 0. The second kappa shape index (κ2) is 12.5. The highest BCUT2D eigenvalue weighted by atomic mass is 32.2. The molecule has 0 saturated carbocycles. The molecule has 0 saturated heterocycles. The average Bonchev–Trinajstić information content (AvgIpc) is 2.90. The fraction of sp³-hybridized carbons (Fsp3) is 0.286. The van der Waals surface area contributed by atoms with Gasteiger partial charge in [-0.2, -0.15) is 0 Å². The topological polar surface area (TPSA) is 130 Å². The molecule has 0 aromatic heterocycles. The van der Waals surface area contributed by atoms with E-state index >= 15 is 0 Å². The van der Waals surface area contributed by atoms with E-state index in [0.29, 0.717) is 0 Å². The van der Waals surface area contributed by atoms with Gasteiger partial charge in [0.05, 0.1) is 15.5 Å². The summed E-state index contributed by atoms with van der Waals surface area (Å²) in [7, 11) is -4.25. The highest BCUT2D eigenvalue weighted by Crippen LogP contribution is 2.26. The Labute approximate surface area is 228 Å². The number of hydrogen-bond donors (Lipinski definition) is 1. The minimum absolute atomic E-state index is 0.0489. The SMILES string of the molecule is Cc1ccccc1CN(C(=O)CN(c1ccc([N+](=O)[O-])cc1)S(=O)(=O)c1ccccc1)[C@@H](C)C(=O)NC(C)C. The molecule has 0 unspecified atom stereocenters. The predicted molar refractivity (Wildman–Crippen MR) is 149 cm³/mol. The molecule has 3 aromatic rings. The molecule has 0 spiro atoms. The maximum Gasteiger partial charge on any atom is 0.269 e. The number of nitrogens with zero attached hydrogens (tertiary/aromatic N) is 3. The number of rotatable bonds is 11. The van der Waals surface area contributed by atoms with E-state index in [1.54, 1.807) is 39.0 Å². The van der Waals surface area contributed by atoms with Gasteiger partial charge in [0.2, 0.25) is 11.8 Å². The summed E-state index contributed by atoms with van der Waals surface area (Å²) in [5, 5.41) is 14.0. The van der Waals surface area contributed by atoms with Crippen LogP contribution in [0.1, 0.15) is 31.9 Å². The summed E-state index contributed by atoms with van der Waals surface area (Å²) in [4.78, 5) is 38.7. The molecular formula is C28H32N4O6S. The third-order valence-corrected chi connectivity index (χ3v) is 7.95. The molecule has 1 atom stereocenters. The summed E-state index contributed by atoms with van der Waals surface area (Å²) < 4.78 is 28.3. The van der Waals surface area contributed by atoms with Crippen LogP contribution in [0.3, 0.4) is 0 Å². The number of anilines is 1. The molecule has 1 N–H and O–H groups in total. The smallest absolute Gasteiger partial charge is 0.269 e. The number of sulfonamides is 1. The van der Waals surface area contributed by atoms with Crippen molar-refractivity contribution in [1.29, 1.82) is 0 Å². The zero-order chi connectivity index (χ0) is 28.7. The number of carbonyl (C=O) groups is 2. The van der Waals surface area contributed by atoms with Gasteiger partial charge in [-0.3, -0.25) is 24.0 Å². The van der Waals surface area contributed by atoms with Crippen molar-refractivity contribution in [1.82, 2.24) is 10.2 Å². The molecule has 0 radical (unpaired) electrons. The third kappa shape index (κ3) is 7.20. The second-order valence-corrected chi connectivity index (χ2v) is 11.2. The lowest BCUT2D eigenvalue weighted by Gasteiger charge is -2.32. The van der Waals surface area contributed by atoms with Gasteiger partial charge >= 0.3 is 0 Å². The molecule has 0 fully saturated rings. The average molecular weight is 553 g/mol. The van der Waals surface area contributed by atoms with Gasteiger partial charge in [0.1, 0.15) is 12.6 Å². The number of nitro benzene ring substituents is 1. The van der Waals surface area contributed by atoms with E-state index in [-0.39, 0.29) is 34.8 Å². The Morgan fingerprint density at radius 1 is 0.923 bits per heavy atom. The molecule has 206 valence electrons. The summed E-state index contributed by atoms with van der Waals surface area (Å²) in [5.41, 5.74) is 1.58. The lowest BCUT2D eigenvalue weighted by Crippen LogP contribution is -2.52. The van der Waals surface area contributed by atoms with Gasteiger partial charge in [-0.15, -0.1) is 0 Å². The molecule has 2 amide bonds. The van der Waals surface area contributed by atoms with Crippen LogP contribution < -0.4 is 9.62 Å². The Hall–Kier alpha value is -4.25. The van der Waals surface area contributed by atoms with Crippen molar-refractivity contribution in [3.8, 4) is 0 Å². The number of aryl methyl sites for hydroxylation is 1. The second-order valence-electron chi connectivity index (χ2n) is 9.39. The number of nitrogens with one attached hydrogen (secondary N) is 1. The van der Waals surface area contributed by atoms with Crippen molar-refractivity contribution in [3.05, 3.63) is 100 Å². The monoisotopic (exact) mass is 552 g/mol. The standard InChI is InChI=1S/C28H32N4O6S/c1-20(2)29-28(34)22(4)30(18-23-11-9-8-10-21(23)3)27(33)19-31(24-14-16-25(17-15-24)32(35)36)39(37,38)26-12-6-5-7-13-26/h5-17,20,22H,18-19H2,1-4H3,(H,29,34)/t22-/m0/s1. The van der Waals surface area contributed by atoms with Gasteiger partial charge in [0.25, 0.3) is 15.7 Å². The van der Waals surface area contributed by atoms with Crippen LogP contribution in [0.15, 0.2) is 83.8 Å².